The Labute approximate surface area is 146 Å². The van der Waals surface area contributed by atoms with Crippen LogP contribution in [0.5, 0.6) is 0 Å². The molecule has 2 heterocycles. The topological polar surface area (TPSA) is 70.5 Å². The van der Waals surface area contributed by atoms with Crippen LogP contribution in [0.1, 0.15) is 48.2 Å². The number of aliphatic carboxylic acids is 1. The number of amides is 1. The number of carbonyl (C=O) groups excluding carboxylic acids is 1. The van der Waals surface area contributed by atoms with Crippen molar-refractivity contribution in [2.75, 3.05) is 13.1 Å². The number of hydrogen-bond acceptors (Lipinski definition) is 3. The Hall–Kier alpha value is -2.43. The molecule has 1 N–H and O–H groups in total. The highest BCUT2D eigenvalue weighted by atomic mass is 16.4. The number of aromatic nitrogens is 1. The van der Waals surface area contributed by atoms with Crippen LogP contribution in [0.4, 0.5) is 0 Å². The van der Waals surface area contributed by atoms with Gasteiger partial charge >= 0.3 is 5.97 Å². The van der Waals surface area contributed by atoms with Crippen LogP contribution in [0.2, 0.25) is 0 Å². The summed E-state index contributed by atoms with van der Waals surface area (Å²) in [5, 5.41) is 10.2. The van der Waals surface area contributed by atoms with Crippen LogP contribution in [-0.4, -0.2) is 40.0 Å². The van der Waals surface area contributed by atoms with E-state index in [1.165, 1.54) is 0 Å². The van der Waals surface area contributed by atoms with Gasteiger partial charge in [-0.15, -0.1) is 0 Å². The van der Waals surface area contributed by atoms with Crippen LogP contribution < -0.4 is 0 Å². The normalized spacial score (nSPS) is 23.6. The van der Waals surface area contributed by atoms with Gasteiger partial charge in [-0.25, -0.2) is 0 Å². The first kappa shape index (κ1) is 16.1. The first-order valence-electron chi connectivity index (χ1n) is 8.96. The molecule has 130 valence electrons. The molecule has 4 rings (SSSR count). The lowest BCUT2D eigenvalue weighted by Gasteiger charge is -2.35. The van der Waals surface area contributed by atoms with E-state index in [1.807, 2.05) is 42.2 Å². The zero-order valence-corrected chi connectivity index (χ0v) is 14.3. The molecule has 2 atom stereocenters. The molecule has 2 fully saturated rings. The van der Waals surface area contributed by atoms with Crippen LogP contribution in [-0.2, 0) is 4.79 Å². The average Bonchev–Trinajstić information content (AvgIpc) is 3.45. The van der Waals surface area contributed by atoms with Gasteiger partial charge in [0.15, 0.2) is 0 Å². The Morgan fingerprint density at radius 3 is 2.64 bits per heavy atom. The molecule has 0 bridgehead atoms. The Kier molecular flexibility index (Phi) is 3.94. The van der Waals surface area contributed by atoms with Crippen molar-refractivity contribution in [1.29, 1.82) is 0 Å². The summed E-state index contributed by atoms with van der Waals surface area (Å²) < 4.78 is 0. The van der Waals surface area contributed by atoms with Crippen molar-refractivity contribution < 1.29 is 14.7 Å². The predicted octanol–water partition coefficient (Wildman–Crippen LogP) is 3.30. The molecule has 1 aromatic carbocycles. The molecule has 1 aromatic heterocycles. The minimum atomic E-state index is -0.759. The van der Waals surface area contributed by atoms with Gasteiger partial charge in [0.25, 0.3) is 5.91 Å². The van der Waals surface area contributed by atoms with E-state index in [0.29, 0.717) is 31.0 Å². The summed E-state index contributed by atoms with van der Waals surface area (Å²) in [6.45, 7) is 2.90. The van der Waals surface area contributed by atoms with E-state index in [-0.39, 0.29) is 17.7 Å². The van der Waals surface area contributed by atoms with Crippen molar-refractivity contribution in [2.45, 2.75) is 32.1 Å². The second kappa shape index (κ2) is 6.14. The fraction of sp³-hybridized carbons (Fsp3) is 0.450. The average molecular weight is 338 g/mol. The molecule has 1 saturated heterocycles. The van der Waals surface area contributed by atoms with Crippen LogP contribution in [0.25, 0.3) is 10.9 Å². The Bertz CT molecular complexity index is 844. The Morgan fingerprint density at radius 1 is 1.20 bits per heavy atom. The number of hydrogen-bond donors (Lipinski definition) is 1. The van der Waals surface area contributed by atoms with E-state index in [0.717, 1.165) is 29.4 Å². The Morgan fingerprint density at radius 2 is 1.96 bits per heavy atom. The third-order valence-corrected chi connectivity index (χ3v) is 5.47. The first-order chi connectivity index (χ1) is 12.0. The summed E-state index contributed by atoms with van der Waals surface area (Å²) in [6, 6.07) is 9.73. The summed E-state index contributed by atoms with van der Waals surface area (Å²) in [6.07, 6.45) is 2.79. The highest BCUT2D eigenvalue weighted by molar-refractivity contribution is 6.06. The van der Waals surface area contributed by atoms with Gasteiger partial charge < -0.3 is 10.0 Å². The first-order valence-corrected chi connectivity index (χ1v) is 8.96. The van der Waals surface area contributed by atoms with Gasteiger partial charge in [0, 0.05) is 30.1 Å². The van der Waals surface area contributed by atoms with Crippen molar-refractivity contribution in [2.24, 2.45) is 11.8 Å². The lowest BCUT2D eigenvalue weighted by Crippen LogP contribution is -2.45. The molecule has 2 unspecified atom stereocenters. The molecular formula is C20H22N2O3. The summed E-state index contributed by atoms with van der Waals surface area (Å²) in [5.41, 5.74) is 2.58. The highest BCUT2D eigenvalue weighted by Gasteiger charge is 2.34. The van der Waals surface area contributed by atoms with Crippen molar-refractivity contribution in [1.82, 2.24) is 9.88 Å². The zero-order valence-electron chi connectivity index (χ0n) is 14.3. The van der Waals surface area contributed by atoms with Crippen LogP contribution in [0, 0.1) is 11.8 Å². The maximum Gasteiger partial charge on any atom is 0.306 e. The number of carboxylic acid groups (broad SMARTS) is 1. The summed E-state index contributed by atoms with van der Waals surface area (Å²) in [4.78, 5) is 31.0. The minimum Gasteiger partial charge on any atom is -0.481 e. The molecule has 1 aliphatic carbocycles. The van der Waals surface area contributed by atoms with Gasteiger partial charge in [0.2, 0.25) is 0 Å². The lowest BCUT2D eigenvalue weighted by atomic mass is 9.86. The number of fused-ring (bicyclic) bond motifs is 1. The van der Waals surface area contributed by atoms with Crippen molar-refractivity contribution >= 4 is 22.8 Å². The van der Waals surface area contributed by atoms with E-state index >= 15 is 0 Å². The summed E-state index contributed by atoms with van der Waals surface area (Å²) in [5.74, 6) is -0.680. The molecule has 5 heteroatoms. The van der Waals surface area contributed by atoms with Gasteiger partial charge in [-0.1, -0.05) is 25.1 Å². The number of likely N-dealkylation sites (tertiary alicyclic amines) is 1. The zero-order chi connectivity index (χ0) is 17.6. The molecule has 0 spiro atoms. The minimum absolute atomic E-state index is 0.00353. The van der Waals surface area contributed by atoms with Crippen LogP contribution >= 0.6 is 0 Å². The van der Waals surface area contributed by atoms with E-state index in [1.54, 1.807) is 0 Å². The third-order valence-electron chi connectivity index (χ3n) is 5.47. The van der Waals surface area contributed by atoms with Gasteiger partial charge in [-0.3, -0.25) is 14.6 Å². The molecule has 2 aliphatic rings. The number of piperidine rings is 1. The van der Waals surface area contributed by atoms with E-state index in [4.69, 9.17) is 4.98 Å². The molecule has 1 saturated carbocycles. The molecule has 1 amide bonds. The fourth-order valence-corrected chi connectivity index (χ4v) is 3.83. The molecule has 25 heavy (non-hydrogen) atoms. The number of benzene rings is 1. The summed E-state index contributed by atoms with van der Waals surface area (Å²) in [7, 11) is 0. The largest absolute Gasteiger partial charge is 0.481 e. The van der Waals surface area contributed by atoms with Crippen molar-refractivity contribution in [3.63, 3.8) is 0 Å². The number of carboxylic acids is 1. The monoisotopic (exact) mass is 338 g/mol. The molecule has 5 nitrogen and oxygen atoms in total. The smallest absolute Gasteiger partial charge is 0.306 e. The highest BCUT2D eigenvalue weighted by Crippen LogP contribution is 2.40. The summed E-state index contributed by atoms with van der Waals surface area (Å²) >= 11 is 0. The molecule has 1 aliphatic heterocycles. The number of nitrogens with zero attached hydrogens (tertiary/aromatic N) is 2. The fourth-order valence-electron chi connectivity index (χ4n) is 3.83. The quantitative estimate of drug-likeness (QED) is 0.932. The number of rotatable bonds is 3. The van der Waals surface area contributed by atoms with E-state index in [9.17, 15) is 14.7 Å². The van der Waals surface area contributed by atoms with Crippen molar-refractivity contribution in [3.8, 4) is 0 Å². The van der Waals surface area contributed by atoms with Gasteiger partial charge in [-0.05, 0) is 37.3 Å². The van der Waals surface area contributed by atoms with Gasteiger partial charge in [0.1, 0.15) is 0 Å². The lowest BCUT2D eigenvalue weighted by molar-refractivity contribution is -0.145. The standard InChI is InChI=1S/C20H22N2O3/c1-12-11-22(9-8-14(12)20(24)25)19(23)16-10-18(13-6-7-13)21-17-5-3-2-4-15(16)17/h2-5,10,12-14H,6-9,11H2,1H3,(H,24,25). The molecule has 2 aromatic rings. The van der Waals surface area contributed by atoms with Gasteiger partial charge in [0.05, 0.1) is 17.0 Å². The number of pyridine rings is 1. The predicted molar refractivity (Wildman–Crippen MR) is 94.5 cm³/mol. The maximum absolute atomic E-state index is 13.2. The van der Waals surface area contributed by atoms with Gasteiger partial charge in [-0.2, -0.15) is 0 Å². The molecular weight excluding hydrogens is 316 g/mol. The van der Waals surface area contributed by atoms with Crippen LogP contribution in [0.15, 0.2) is 30.3 Å². The number of para-hydroxylation sites is 1. The maximum atomic E-state index is 13.2. The van der Waals surface area contributed by atoms with E-state index < -0.39 is 5.97 Å². The van der Waals surface area contributed by atoms with Crippen molar-refractivity contribution in [3.05, 3.63) is 41.6 Å². The number of carbonyl (C=O) groups is 2. The molecule has 0 radical (unpaired) electrons. The van der Waals surface area contributed by atoms with E-state index in [2.05, 4.69) is 0 Å². The second-order valence-electron chi connectivity index (χ2n) is 7.35. The SMILES string of the molecule is CC1CN(C(=O)c2cc(C3CC3)nc3ccccc23)CCC1C(=O)O. The Balaban J connectivity index is 1.67. The van der Waals surface area contributed by atoms with Crippen LogP contribution in [0.3, 0.4) is 0 Å². The third kappa shape index (κ3) is 2.99. The second-order valence-corrected chi connectivity index (χ2v) is 7.35.